The zero-order chi connectivity index (χ0) is 11.6. The van der Waals surface area contributed by atoms with Gasteiger partial charge in [0.25, 0.3) is 0 Å². The fourth-order valence-corrected chi connectivity index (χ4v) is 1.15. The molecule has 1 rings (SSSR count). The van der Waals surface area contributed by atoms with Gasteiger partial charge < -0.3 is 5.73 Å². The van der Waals surface area contributed by atoms with Gasteiger partial charge >= 0.3 is 0 Å². The van der Waals surface area contributed by atoms with Crippen molar-refractivity contribution < 1.29 is 8.78 Å². The number of nitrogens with zero attached hydrogens (tertiary/aromatic N) is 1. The molecule has 0 amide bonds. The van der Waals surface area contributed by atoms with Crippen molar-refractivity contribution in [2.45, 2.75) is 13.8 Å². The normalized spacial score (nSPS) is 11.9. The highest BCUT2D eigenvalue weighted by Gasteiger charge is 2.15. The third kappa shape index (κ3) is 1.96. The maximum absolute atomic E-state index is 13.5. The summed E-state index contributed by atoms with van der Waals surface area (Å²) in [6, 6.07) is 4.21. The summed E-state index contributed by atoms with van der Waals surface area (Å²) in [4.78, 5) is 0. The highest BCUT2D eigenvalue weighted by atomic mass is 19.1. The minimum Gasteiger partial charge on any atom is -0.397 e. The Kier molecular flexibility index (Phi) is 3.05. The van der Waals surface area contributed by atoms with E-state index in [0.717, 1.165) is 6.07 Å². The van der Waals surface area contributed by atoms with Crippen LogP contribution in [0.1, 0.15) is 18.1 Å². The Hall–Kier alpha value is -1.89. The largest absolute Gasteiger partial charge is 0.397 e. The number of allylic oxidation sites excluding steroid dienone is 1. The zero-order valence-electron chi connectivity index (χ0n) is 8.44. The predicted molar refractivity (Wildman–Crippen MR) is 53.5 cm³/mol. The molecule has 1 aromatic carbocycles. The summed E-state index contributed by atoms with van der Waals surface area (Å²) in [5.41, 5.74) is 5.40. The molecule has 0 aliphatic rings. The van der Waals surface area contributed by atoms with Gasteiger partial charge in [-0.1, -0.05) is 6.07 Å². The van der Waals surface area contributed by atoms with Gasteiger partial charge in [0.05, 0.1) is 22.9 Å². The Morgan fingerprint density at radius 1 is 1.40 bits per heavy atom. The number of halogens is 2. The van der Waals surface area contributed by atoms with Crippen LogP contribution in [0.4, 0.5) is 8.78 Å². The molecule has 0 radical (unpaired) electrons. The number of hydrogen-bond donors (Lipinski definition) is 1. The van der Waals surface area contributed by atoms with Gasteiger partial charge in [-0.25, -0.2) is 8.78 Å². The number of rotatable bonds is 1. The van der Waals surface area contributed by atoms with E-state index in [0.29, 0.717) is 5.56 Å². The third-order valence-corrected chi connectivity index (χ3v) is 2.13. The van der Waals surface area contributed by atoms with Crippen LogP contribution in [0.2, 0.25) is 0 Å². The monoisotopic (exact) mass is 208 g/mol. The molecule has 0 aliphatic carbocycles. The van der Waals surface area contributed by atoms with E-state index in [9.17, 15) is 8.78 Å². The quantitative estimate of drug-likeness (QED) is 0.721. The van der Waals surface area contributed by atoms with Crippen molar-refractivity contribution in [3.8, 4) is 6.07 Å². The Bertz CT molecular complexity index is 470. The Morgan fingerprint density at radius 3 is 2.53 bits per heavy atom. The average Bonchev–Trinajstić information content (AvgIpc) is 2.22. The molecule has 0 bridgehead atoms. The van der Waals surface area contributed by atoms with E-state index < -0.39 is 11.6 Å². The van der Waals surface area contributed by atoms with Gasteiger partial charge in [0.2, 0.25) is 0 Å². The fourth-order valence-electron chi connectivity index (χ4n) is 1.15. The molecule has 2 nitrogen and oxygen atoms in total. The van der Waals surface area contributed by atoms with Crippen molar-refractivity contribution in [1.29, 1.82) is 5.26 Å². The molecule has 0 aromatic heterocycles. The molecule has 0 heterocycles. The van der Waals surface area contributed by atoms with Crippen LogP contribution >= 0.6 is 0 Å². The van der Waals surface area contributed by atoms with Crippen LogP contribution in [0, 0.1) is 29.9 Å². The molecular weight excluding hydrogens is 198 g/mol. The highest BCUT2D eigenvalue weighted by molar-refractivity contribution is 5.69. The van der Waals surface area contributed by atoms with Crippen molar-refractivity contribution in [3.63, 3.8) is 0 Å². The maximum atomic E-state index is 13.5. The van der Waals surface area contributed by atoms with Crippen LogP contribution in [0.5, 0.6) is 0 Å². The van der Waals surface area contributed by atoms with Crippen LogP contribution < -0.4 is 5.73 Å². The van der Waals surface area contributed by atoms with Gasteiger partial charge in [0.15, 0.2) is 0 Å². The zero-order valence-corrected chi connectivity index (χ0v) is 8.44. The number of aryl methyl sites for hydroxylation is 1. The van der Waals surface area contributed by atoms with Crippen LogP contribution in [0.3, 0.4) is 0 Å². The molecule has 78 valence electrons. The number of nitrogens with two attached hydrogens (primary N) is 1. The SMILES string of the molecule is C/C(C#N)=C(/N)c1c(F)ccc(C)c1F. The Labute approximate surface area is 86.6 Å². The van der Waals surface area contributed by atoms with E-state index in [2.05, 4.69) is 0 Å². The molecule has 0 fully saturated rings. The van der Waals surface area contributed by atoms with Crippen molar-refractivity contribution in [2.75, 3.05) is 0 Å². The molecule has 0 saturated carbocycles. The summed E-state index contributed by atoms with van der Waals surface area (Å²) in [5, 5.41) is 8.58. The van der Waals surface area contributed by atoms with Gasteiger partial charge in [-0.2, -0.15) is 5.26 Å². The van der Waals surface area contributed by atoms with E-state index in [1.165, 1.54) is 19.9 Å². The Balaban J connectivity index is 3.52. The molecule has 0 saturated heterocycles. The van der Waals surface area contributed by atoms with E-state index >= 15 is 0 Å². The summed E-state index contributed by atoms with van der Waals surface area (Å²) in [7, 11) is 0. The second kappa shape index (κ2) is 4.09. The molecule has 1 aromatic rings. The minimum absolute atomic E-state index is 0.0957. The molecule has 0 spiro atoms. The predicted octanol–water partition coefficient (Wildman–Crippen LogP) is 2.49. The lowest BCUT2D eigenvalue weighted by atomic mass is 10.0. The molecule has 0 unspecified atom stereocenters. The molecule has 0 aliphatic heterocycles. The van der Waals surface area contributed by atoms with Crippen molar-refractivity contribution in [1.82, 2.24) is 0 Å². The van der Waals surface area contributed by atoms with E-state index in [4.69, 9.17) is 11.0 Å². The summed E-state index contributed by atoms with van der Waals surface area (Å²) in [6.07, 6.45) is 0. The van der Waals surface area contributed by atoms with Gasteiger partial charge in [0.1, 0.15) is 11.6 Å². The first-order valence-electron chi connectivity index (χ1n) is 4.30. The molecular formula is C11H10F2N2. The van der Waals surface area contributed by atoms with Crippen LogP contribution in [0.25, 0.3) is 5.70 Å². The molecule has 0 atom stereocenters. The van der Waals surface area contributed by atoms with Gasteiger partial charge in [-0.05, 0) is 25.5 Å². The topological polar surface area (TPSA) is 49.8 Å². The van der Waals surface area contributed by atoms with Crippen LogP contribution in [-0.4, -0.2) is 0 Å². The lowest BCUT2D eigenvalue weighted by Gasteiger charge is -2.07. The number of nitriles is 1. The summed E-state index contributed by atoms with van der Waals surface area (Å²) < 4.78 is 26.9. The van der Waals surface area contributed by atoms with Crippen molar-refractivity contribution in [2.24, 2.45) is 5.73 Å². The highest BCUT2D eigenvalue weighted by Crippen LogP contribution is 2.22. The number of hydrogen-bond acceptors (Lipinski definition) is 2. The smallest absolute Gasteiger partial charge is 0.138 e. The number of benzene rings is 1. The van der Waals surface area contributed by atoms with E-state index in [1.807, 2.05) is 0 Å². The van der Waals surface area contributed by atoms with E-state index in [-0.39, 0.29) is 16.8 Å². The lowest BCUT2D eigenvalue weighted by molar-refractivity contribution is 0.570. The minimum atomic E-state index is -0.759. The first-order chi connectivity index (χ1) is 6.99. The van der Waals surface area contributed by atoms with Gasteiger partial charge in [-0.15, -0.1) is 0 Å². The molecule has 2 N–H and O–H groups in total. The lowest BCUT2D eigenvalue weighted by Crippen LogP contribution is -2.06. The summed E-state index contributed by atoms with van der Waals surface area (Å²) in [6.45, 7) is 2.92. The average molecular weight is 208 g/mol. The van der Waals surface area contributed by atoms with Gasteiger partial charge in [-0.3, -0.25) is 0 Å². The van der Waals surface area contributed by atoms with Crippen LogP contribution in [0.15, 0.2) is 17.7 Å². The molecule has 15 heavy (non-hydrogen) atoms. The maximum Gasteiger partial charge on any atom is 0.138 e. The standard InChI is InChI=1S/C11H10F2N2/c1-6-3-4-8(12)9(10(6)13)11(15)7(2)5-14/h3-4H,15H2,1-2H3/b11-7-. The second-order valence-corrected chi connectivity index (χ2v) is 3.20. The van der Waals surface area contributed by atoms with Crippen molar-refractivity contribution in [3.05, 3.63) is 40.5 Å². The summed E-state index contributed by atoms with van der Waals surface area (Å²) >= 11 is 0. The summed E-state index contributed by atoms with van der Waals surface area (Å²) in [5.74, 6) is -1.48. The Morgan fingerprint density at radius 2 is 2.00 bits per heavy atom. The van der Waals surface area contributed by atoms with E-state index in [1.54, 1.807) is 6.07 Å². The third-order valence-electron chi connectivity index (χ3n) is 2.13. The van der Waals surface area contributed by atoms with Gasteiger partial charge in [0, 0.05) is 0 Å². The second-order valence-electron chi connectivity index (χ2n) is 3.20. The first kappa shape index (κ1) is 11.2. The van der Waals surface area contributed by atoms with Crippen LogP contribution in [-0.2, 0) is 0 Å². The fraction of sp³-hybridized carbons (Fsp3) is 0.182. The molecule has 4 heteroatoms. The van der Waals surface area contributed by atoms with Crippen molar-refractivity contribution >= 4 is 5.70 Å². The first-order valence-corrected chi connectivity index (χ1v) is 4.30.